The molecule has 2 aromatic carbocycles. The van der Waals surface area contributed by atoms with Gasteiger partial charge in [-0.15, -0.1) is 0 Å². The van der Waals surface area contributed by atoms with Crippen LogP contribution in [-0.4, -0.2) is 24.1 Å². The Labute approximate surface area is 170 Å². The van der Waals surface area contributed by atoms with Crippen LogP contribution in [-0.2, 0) is 4.74 Å². The molecule has 2 heterocycles. The van der Waals surface area contributed by atoms with Gasteiger partial charge in [0.2, 0.25) is 0 Å². The Morgan fingerprint density at radius 1 is 1.14 bits per heavy atom. The summed E-state index contributed by atoms with van der Waals surface area (Å²) in [5.41, 5.74) is 2.86. The van der Waals surface area contributed by atoms with E-state index in [0.29, 0.717) is 17.2 Å². The lowest BCUT2D eigenvalue weighted by Gasteiger charge is -2.16. The van der Waals surface area contributed by atoms with Crippen LogP contribution in [0.4, 0.5) is 0 Å². The van der Waals surface area contributed by atoms with E-state index in [-0.39, 0.29) is 11.9 Å². The third-order valence-corrected chi connectivity index (χ3v) is 5.15. The van der Waals surface area contributed by atoms with Crippen molar-refractivity contribution in [2.75, 3.05) is 13.2 Å². The lowest BCUT2D eigenvalue weighted by Crippen LogP contribution is -2.26. The number of aromatic nitrogens is 1. The molecule has 1 saturated heterocycles. The summed E-state index contributed by atoms with van der Waals surface area (Å²) in [6.07, 6.45) is 4.38. The number of hydrogen-bond acceptors (Lipinski definition) is 4. The number of nitrogens with one attached hydrogen (secondary N) is 1. The Morgan fingerprint density at radius 3 is 2.72 bits per heavy atom. The van der Waals surface area contributed by atoms with Crippen molar-refractivity contribution in [3.63, 3.8) is 0 Å². The van der Waals surface area contributed by atoms with Gasteiger partial charge in [-0.3, -0.25) is 9.78 Å². The molecule has 4 rings (SSSR count). The van der Waals surface area contributed by atoms with Crippen molar-refractivity contribution in [2.45, 2.75) is 25.3 Å². The fraction of sp³-hybridized carbons (Fsp3) is 0.250. The second kappa shape index (κ2) is 8.88. The Hall–Kier alpha value is -3.18. The van der Waals surface area contributed by atoms with E-state index < -0.39 is 0 Å². The van der Waals surface area contributed by atoms with Crippen molar-refractivity contribution < 1.29 is 14.3 Å². The number of carbonyl (C=O) groups excluding carboxylic acids is 1. The summed E-state index contributed by atoms with van der Waals surface area (Å²) in [6.45, 7) is 3.50. The van der Waals surface area contributed by atoms with E-state index >= 15 is 0 Å². The molecule has 148 valence electrons. The number of benzene rings is 2. The highest BCUT2D eigenvalue weighted by Crippen LogP contribution is 2.26. The third-order valence-electron chi connectivity index (χ3n) is 5.15. The summed E-state index contributed by atoms with van der Waals surface area (Å²) < 4.78 is 11.2. The van der Waals surface area contributed by atoms with Crippen molar-refractivity contribution in [1.29, 1.82) is 0 Å². The van der Waals surface area contributed by atoms with Crippen molar-refractivity contribution in [2.24, 2.45) is 0 Å². The highest BCUT2D eigenvalue weighted by Gasteiger charge is 2.19. The number of ether oxygens (including phenoxy) is 2. The normalized spacial score (nSPS) is 16.9. The van der Waals surface area contributed by atoms with Gasteiger partial charge in [0.1, 0.15) is 11.5 Å². The minimum Gasteiger partial charge on any atom is -0.456 e. The lowest BCUT2D eigenvalue weighted by molar-refractivity contribution is 0.0939. The van der Waals surface area contributed by atoms with Crippen molar-refractivity contribution in [3.05, 3.63) is 89.7 Å². The number of rotatable bonds is 6. The molecule has 1 N–H and O–H groups in total. The molecule has 1 aliphatic rings. The Balaban J connectivity index is 1.39. The zero-order chi connectivity index (χ0) is 20.1. The standard InChI is InChI=1S/C24H24N2O3/c1-17(18-7-9-22(10-8-18)29-23-6-3-12-25-15-23)26-24(27)20-5-2-4-19(14-20)21-11-13-28-16-21/h2-10,12,14-15,17,21H,11,13,16H2,1H3,(H,26,27). The maximum absolute atomic E-state index is 12.7. The van der Waals surface area contributed by atoms with Crippen LogP contribution in [0.2, 0.25) is 0 Å². The van der Waals surface area contributed by atoms with Gasteiger partial charge in [0.15, 0.2) is 0 Å². The van der Waals surface area contributed by atoms with Gasteiger partial charge >= 0.3 is 0 Å². The fourth-order valence-corrected chi connectivity index (χ4v) is 3.46. The van der Waals surface area contributed by atoms with Gasteiger partial charge < -0.3 is 14.8 Å². The second-order valence-electron chi connectivity index (χ2n) is 7.24. The molecule has 0 aliphatic carbocycles. The number of carbonyl (C=O) groups is 1. The Kier molecular flexibility index (Phi) is 5.86. The summed E-state index contributed by atoms with van der Waals surface area (Å²) in [7, 11) is 0. The minimum atomic E-state index is -0.117. The van der Waals surface area contributed by atoms with Gasteiger partial charge in [-0.2, -0.15) is 0 Å². The molecule has 1 fully saturated rings. The topological polar surface area (TPSA) is 60.5 Å². The molecule has 0 bridgehead atoms. The predicted octanol–water partition coefficient (Wildman–Crippen LogP) is 4.87. The van der Waals surface area contributed by atoms with Gasteiger partial charge in [0.05, 0.1) is 18.8 Å². The average molecular weight is 388 g/mol. The van der Waals surface area contributed by atoms with E-state index in [1.165, 1.54) is 5.56 Å². The molecular formula is C24H24N2O3. The van der Waals surface area contributed by atoms with E-state index in [9.17, 15) is 4.79 Å². The Bertz CT molecular complexity index is 951. The summed E-state index contributed by atoms with van der Waals surface area (Å²) in [6, 6.07) is 19.1. The third kappa shape index (κ3) is 4.81. The van der Waals surface area contributed by atoms with Gasteiger partial charge in [0, 0.05) is 24.3 Å². The van der Waals surface area contributed by atoms with Gasteiger partial charge in [-0.1, -0.05) is 24.3 Å². The molecule has 5 nitrogen and oxygen atoms in total. The van der Waals surface area contributed by atoms with Gasteiger partial charge in [-0.25, -0.2) is 0 Å². The highest BCUT2D eigenvalue weighted by atomic mass is 16.5. The first-order valence-corrected chi connectivity index (χ1v) is 9.85. The maximum Gasteiger partial charge on any atom is 0.251 e. The van der Waals surface area contributed by atoms with Crippen LogP contribution in [0.15, 0.2) is 73.1 Å². The van der Waals surface area contributed by atoms with E-state index in [1.807, 2.05) is 61.5 Å². The second-order valence-corrected chi connectivity index (χ2v) is 7.24. The monoisotopic (exact) mass is 388 g/mol. The summed E-state index contributed by atoms with van der Waals surface area (Å²) in [4.78, 5) is 16.8. The quantitative estimate of drug-likeness (QED) is 0.654. The summed E-state index contributed by atoms with van der Waals surface area (Å²) in [5.74, 6) is 1.72. The first kappa shape index (κ1) is 19.2. The molecule has 0 spiro atoms. The number of hydrogen-bond donors (Lipinski definition) is 1. The molecule has 2 unspecified atom stereocenters. The molecule has 0 saturated carbocycles. The van der Waals surface area contributed by atoms with Crippen LogP contribution < -0.4 is 10.1 Å². The highest BCUT2D eigenvalue weighted by molar-refractivity contribution is 5.94. The van der Waals surface area contributed by atoms with Crippen LogP contribution >= 0.6 is 0 Å². The molecule has 1 aromatic heterocycles. The summed E-state index contributed by atoms with van der Waals surface area (Å²) in [5, 5.41) is 3.08. The van der Waals surface area contributed by atoms with E-state index in [1.54, 1.807) is 12.4 Å². The number of amides is 1. The molecular weight excluding hydrogens is 364 g/mol. The lowest BCUT2D eigenvalue weighted by atomic mass is 9.96. The molecule has 3 aromatic rings. The first-order valence-electron chi connectivity index (χ1n) is 9.85. The number of pyridine rings is 1. The molecule has 1 aliphatic heterocycles. The fourth-order valence-electron chi connectivity index (χ4n) is 3.46. The SMILES string of the molecule is CC(NC(=O)c1cccc(C2CCOC2)c1)c1ccc(Oc2cccnc2)cc1. The molecule has 2 atom stereocenters. The number of nitrogens with zero attached hydrogens (tertiary/aromatic N) is 1. The zero-order valence-corrected chi connectivity index (χ0v) is 16.4. The molecule has 5 heteroatoms. The summed E-state index contributed by atoms with van der Waals surface area (Å²) >= 11 is 0. The maximum atomic E-state index is 12.7. The Morgan fingerprint density at radius 2 is 2.00 bits per heavy atom. The van der Waals surface area contributed by atoms with E-state index in [2.05, 4.69) is 16.4 Å². The molecule has 29 heavy (non-hydrogen) atoms. The van der Waals surface area contributed by atoms with E-state index in [4.69, 9.17) is 9.47 Å². The van der Waals surface area contributed by atoms with Crippen LogP contribution in [0.1, 0.15) is 46.8 Å². The van der Waals surface area contributed by atoms with Gasteiger partial charge in [-0.05, 0) is 60.9 Å². The van der Waals surface area contributed by atoms with Crippen molar-refractivity contribution in [1.82, 2.24) is 10.3 Å². The predicted molar refractivity (Wildman–Crippen MR) is 111 cm³/mol. The first-order chi connectivity index (χ1) is 14.2. The molecule has 1 amide bonds. The van der Waals surface area contributed by atoms with Gasteiger partial charge in [0.25, 0.3) is 5.91 Å². The van der Waals surface area contributed by atoms with Crippen LogP contribution in [0, 0.1) is 0 Å². The van der Waals surface area contributed by atoms with Crippen LogP contribution in [0.25, 0.3) is 0 Å². The zero-order valence-electron chi connectivity index (χ0n) is 16.4. The largest absolute Gasteiger partial charge is 0.456 e. The van der Waals surface area contributed by atoms with Crippen molar-refractivity contribution >= 4 is 5.91 Å². The average Bonchev–Trinajstić information content (AvgIpc) is 3.30. The van der Waals surface area contributed by atoms with E-state index in [0.717, 1.165) is 30.9 Å². The van der Waals surface area contributed by atoms with Crippen LogP contribution in [0.3, 0.4) is 0 Å². The smallest absolute Gasteiger partial charge is 0.251 e. The molecule has 0 radical (unpaired) electrons. The van der Waals surface area contributed by atoms with Crippen LogP contribution in [0.5, 0.6) is 11.5 Å². The van der Waals surface area contributed by atoms with Crippen molar-refractivity contribution in [3.8, 4) is 11.5 Å². The minimum absolute atomic E-state index is 0.0750.